The fourth-order valence-corrected chi connectivity index (χ4v) is 1.36. The first-order chi connectivity index (χ1) is 6.80. The van der Waals surface area contributed by atoms with Crippen molar-refractivity contribution in [3.05, 3.63) is 29.1 Å². The van der Waals surface area contributed by atoms with Crippen molar-refractivity contribution < 1.29 is 9.90 Å². The Bertz CT molecular complexity index is 378. The molecule has 0 spiro atoms. The summed E-state index contributed by atoms with van der Waals surface area (Å²) < 4.78 is 0. The molecule has 82 valence electrons. The van der Waals surface area contributed by atoms with Crippen molar-refractivity contribution in [2.45, 2.75) is 39.5 Å². The average molecular weight is 207 g/mol. The second kappa shape index (κ2) is 4.01. The summed E-state index contributed by atoms with van der Waals surface area (Å²) in [6.45, 7) is 8.12. The second-order valence-electron chi connectivity index (χ2n) is 4.76. The zero-order valence-electron chi connectivity index (χ0n) is 9.66. The quantitative estimate of drug-likeness (QED) is 0.809. The van der Waals surface area contributed by atoms with Crippen LogP contribution in [0.15, 0.2) is 12.1 Å². The van der Waals surface area contributed by atoms with Gasteiger partial charge in [-0.05, 0) is 18.6 Å². The zero-order chi connectivity index (χ0) is 11.6. The van der Waals surface area contributed by atoms with Gasteiger partial charge in [-0.2, -0.15) is 0 Å². The highest BCUT2D eigenvalue weighted by molar-refractivity contribution is 5.70. The van der Waals surface area contributed by atoms with Crippen LogP contribution in [0, 0.1) is 6.92 Å². The second-order valence-corrected chi connectivity index (χ2v) is 4.76. The minimum absolute atomic E-state index is 0.00646. The summed E-state index contributed by atoms with van der Waals surface area (Å²) in [4.78, 5) is 15.0. The van der Waals surface area contributed by atoms with Crippen LogP contribution in [0.1, 0.15) is 37.7 Å². The number of carboxylic acids is 1. The van der Waals surface area contributed by atoms with Gasteiger partial charge in [0.2, 0.25) is 0 Å². The van der Waals surface area contributed by atoms with Crippen molar-refractivity contribution >= 4 is 5.97 Å². The molecule has 3 nitrogen and oxygen atoms in total. The van der Waals surface area contributed by atoms with Crippen LogP contribution in [-0.2, 0) is 16.6 Å². The standard InChI is InChI=1S/C12H17NO2/c1-8-9(7-11(14)15)5-6-10(13-8)12(2,3)4/h5-6H,7H2,1-4H3,(H,14,15). The topological polar surface area (TPSA) is 50.2 Å². The summed E-state index contributed by atoms with van der Waals surface area (Å²) in [5.74, 6) is -0.816. The summed E-state index contributed by atoms with van der Waals surface area (Å²) in [5.41, 5.74) is 2.60. The van der Waals surface area contributed by atoms with Gasteiger partial charge >= 0.3 is 5.97 Å². The maximum absolute atomic E-state index is 10.6. The number of aryl methyl sites for hydroxylation is 1. The molecule has 0 aliphatic carbocycles. The molecule has 1 N–H and O–H groups in total. The van der Waals surface area contributed by atoms with Gasteiger partial charge in [-0.3, -0.25) is 9.78 Å². The molecule has 3 heteroatoms. The third-order valence-corrected chi connectivity index (χ3v) is 2.31. The Morgan fingerprint density at radius 3 is 2.40 bits per heavy atom. The lowest BCUT2D eigenvalue weighted by Gasteiger charge is -2.18. The Labute approximate surface area is 90.2 Å². The molecule has 1 rings (SSSR count). The summed E-state index contributed by atoms with van der Waals surface area (Å²) >= 11 is 0. The van der Waals surface area contributed by atoms with Crippen LogP contribution in [0.2, 0.25) is 0 Å². The van der Waals surface area contributed by atoms with Crippen LogP contribution in [0.3, 0.4) is 0 Å². The van der Waals surface area contributed by atoms with Gasteiger partial charge in [-0.15, -0.1) is 0 Å². The highest BCUT2D eigenvalue weighted by atomic mass is 16.4. The molecule has 0 bridgehead atoms. The van der Waals surface area contributed by atoms with E-state index in [-0.39, 0.29) is 11.8 Å². The lowest BCUT2D eigenvalue weighted by atomic mass is 9.91. The number of hydrogen-bond acceptors (Lipinski definition) is 2. The van der Waals surface area contributed by atoms with Gasteiger partial charge in [0.1, 0.15) is 0 Å². The van der Waals surface area contributed by atoms with Crippen molar-refractivity contribution in [2.75, 3.05) is 0 Å². The maximum atomic E-state index is 10.6. The first kappa shape index (κ1) is 11.7. The van der Waals surface area contributed by atoms with Gasteiger partial charge in [0.25, 0.3) is 0 Å². The fraction of sp³-hybridized carbons (Fsp3) is 0.500. The van der Waals surface area contributed by atoms with Gasteiger partial charge < -0.3 is 5.11 Å². The molecule has 0 saturated heterocycles. The molecule has 0 amide bonds. The smallest absolute Gasteiger partial charge is 0.307 e. The third-order valence-electron chi connectivity index (χ3n) is 2.31. The number of nitrogens with zero attached hydrogens (tertiary/aromatic N) is 1. The first-order valence-electron chi connectivity index (χ1n) is 4.99. The van der Waals surface area contributed by atoms with Crippen LogP contribution in [0.25, 0.3) is 0 Å². The molecule has 1 aromatic heterocycles. The average Bonchev–Trinajstić information content (AvgIpc) is 2.05. The zero-order valence-corrected chi connectivity index (χ0v) is 9.66. The van der Waals surface area contributed by atoms with Crippen molar-refractivity contribution in [1.82, 2.24) is 4.98 Å². The monoisotopic (exact) mass is 207 g/mol. The highest BCUT2D eigenvalue weighted by Gasteiger charge is 2.16. The van der Waals surface area contributed by atoms with E-state index in [1.807, 2.05) is 19.1 Å². The van der Waals surface area contributed by atoms with E-state index in [9.17, 15) is 4.79 Å². The minimum atomic E-state index is -0.816. The molecule has 0 unspecified atom stereocenters. The van der Waals surface area contributed by atoms with Crippen molar-refractivity contribution in [1.29, 1.82) is 0 Å². The maximum Gasteiger partial charge on any atom is 0.307 e. The van der Waals surface area contributed by atoms with Gasteiger partial charge in [-0.1, -0.05) is 26.8 Å². The van der Waals surface area contributed by atoms with E-state index in [0.29, 0.717) is 0 Å². The Balaban J connectivity index is 3.03. The van der Waals surface area contributed by atoms with Crippen LogP contribution in [-0.4, -0.2) is 16.1 Å². The Morgan fingerprint density at radius 2 is 2.00 bits per heavy atom. The molecule has 1 aromatic rings. The summed E-state index contributed by atoms with van der Waals surface area (Å²) in [7, 11) is 0. The molecule has 0 aliphatic heterocycles. The summed E-state index contributed by atoms with van der Waals surface area (Å²) in [5, 5.41) is 8.69. The van der Waals surface area contributed by atoms with Crippen molar-refractivity contribution in [3.63, 3.8) is 0 Å². The van der Waals surface area contributed by atoms with Crippen molar-refractivity contribution in [3.8, 4) is 0 Å². The molecular formula is C12H17NO2. The molecular weight excluding hydrogens is 190 g/mol. The van der Waals surface area contributed by atoms with Crippen LogP contribution in [0.5, 0.6) is 0 Å². The number of carboxylic acid groups (broad SMARTS) is 1. The molecule has 0 radical (unpaired) electrons. The number of aliphatic carboxylic acids is 1. The number of carbonyl (C=O) groups is 1. The normalized spacial score (nSPS) is 11.5. The minimum Gasteiger partial charge on any atom is -0.481 e. The van der Waals surface area contributed by atoms with E-state index in [0.717, 1.165) is 17.0 Å². The molecule has 0 fully saturated rings. The van der Waals surface area contributed by atoms with E-state index in [1.165, 1.54) is 0 Å². The van der Waals surface area contributed by atoms with E-state index in [1.54, 1.807) is 0 Å². The lowest BCUT2D eigenvalue weighted by molar-refractivity contribution is -0.136. The molecule has 0 atom stereocenters. The number of aromatic nitrogens is 1. The SMILES string of the molecule is Cc1nc(C(C)(C)C)ccc1CC(=O)O. The molecule has 0 saturated carbocycles. The van der Waals surface area contributed by atoms with Gasteiger partial charge in [0, 0.05) is 16.8 Å². The van der Waals surface area contributed by atoms with Crippen LogP contribution in [0.4, 0.5) is 0 Å². The summed E-state index contributed by atoms with van der Waals surface area (Å²) in [6.07, 6.45) is 0.0449. The van der Waals surface area contributed by atoms with Crippen LogP contribution >= 0.6 is 0 Å². The largest absolute Gasteiger partial charge is 0.481 e. The van der Waals surface area contributed by atoms with Gasteiger partial charge in [-0.25, -0.2) is 0 Å². The predicted molar refractivity (Wildman–Crippen MR) is 59.0 cm³/mol. The Kier molecular flexibility index (Phi) is 3.12. The molecule has 15 heavy (non-hydrogen) atoms. The Hall–Kier alpha value is -1.38. The Morgan fingerprint density at radius 1 is 1.40 bits per heavy atom. The number of hydrogen-bond donors (Lipinski definition) is 1. The molecule has 0 aromatic carbocycles. The van der Waals surface area contributed by atoms with Gasteiger partial charge in [0.15, 0.2) is 0 Å². The number of pyridine rings is 1. The fourth-order valence-electron chi connectivity index (χ4n) is 1.36. The van der Waals surface area contributed by atoms with Crippen molar-refractivity contribution in [2.24, 2.45) is 0 Å². The van der Waals surface area contributed by atoms with Crippen LogP contribution < -0.4 is 0 Å². The first-order valence-corrected chi connectivity index (χ1v) is 4.99. The highest BCUT2D eigenvalue weighted by Crippen LogP contribution is 2.21. The third kappa shape index (κ3) is 3.05. The lowest BCUT2D eigenvalue weighted by Crippen LogP contribution is -2.15. The van der Waals surface area contributed by atoms with Gasteiger partial charge in [0.05, 0.1) is 6.42 Å². The summed E-state index contributed by atoms with van der Waals surface area (Å²) in [6, 6.07) is 3.77. The predicted octanol–water partition coefficient (Wildman–Crippen LogP) is 2.31. The van der Waals surface area contributed by atoms with E-state index < -0.39 is 5.97 Å². The van der Waals surface area contributed by atoms with E-state index in [2.05, 4.69) is 25.8 Å². The molecule has 1 heterocycles. The van der Waals surface area contributed by atoms with E-state index >= 15 is 0 Å². The number of rotatable bonds is 2. The van der Waals surface area contributed by atoms with E-state index in [4.69, 9.17) is 5.11 Å². The molecule has 0 aliphatic rings.